The summed E-state index contributed by atoms with van der Waals surface area (Å²) >= 11 is 5.94. The molecule has 18 heteroatoms. The normalized spacial score (nSPS) is 21.1. The highest BCUT2D eigenvalue weighted by molar-refractivity contribution is 6.28. The maximum atomic E-state index is 12.8. The second-order valence-electron chi connectivity index (χ2n) is 10.2. The van der Waals surface area contributed by atoms with Crippen molar-refractivity contribution in [3.8, 4) is 11.1 Å². The second-order valence-corrected chi connectivity index (χ2v) is 10.5. The Balaban J connectivity index is 1.26. The molecule has 45 heavy (non-hydrogen) atoms. The molecular weight excluding hydrogens is 614 g/mol. The number of aliphatic hydroxyl groups is 2. The molecule has 0 bridgehead atoms. The molecular formula is C27H24ClN9O8. The van der Waals surface area contributed by atoms with Crippen LogP contribution < -0.4 is 5.73 Å². The van der Waals surface area contributed by atoms with Gasteiger partial charge < -0.3 is 35.6 Å². The lowest BCUT2D eigenvalue weighted by atomic mass is 9.91. The van der Waals surface area contributed by atoms with Crippen molar-refractivity contribution in [2.75, 3.05) is 12.3 Å². The van der Waals surface area contributed by atoms with Gasteiger partial charge in [-0.15, -0.1) is 10.2 Å². The van der Waals surface area contributed by atoms with Crippen LogP contribution in [0, 0.1) is 0 Å². The van der Waals surface area contributed by atoms with Crippen molar-refractivity contribution in [1.82, 2.24) is 40.1 Å². The zero-order valence-corrected chi connectivity index (χ0v) is 23.7. The fourth-order valence-electron chi connectivity index (χ4n) is 5.19. The molecule has 7 N–H and O–H groups in total. The number of fused-ring (bicyclic) bond motifs is 1. The number of aromatic carboxylic acids is 1. The number of carboxylic acid groups (broad SMARTS) is 2. The first-order valence-corrected chi connectivity index (χ1v) is 13.7. The fraction of sp³-hybridized carbons (Fsp3) is 0.259. The maximum absolute atomic E-state index is 12.8. The third kappa shape index (κ3) is 5.42. The first-order valence-electron chi connectivity index (χ1n) is 13.3. The number of nitrogens with zero attached hydrogens (tertiary/aromatic N) is 7. The number of rotatable bonds is 10. The number of hydrogen-bond donors (Lipinski definition) is 6. The number of carbonyl (C=O) groups is 2. The summed E-state index contributed by atoms with van der Waals surface area (Å²) in [5.41, 5.74) is 5.66. The Hall–Kier alpha value is -5.07. The summed E-state index contributed by atoms with van der Waals surface area (Å²) in [7, 11) is 0. The molecule has 232 valence electrons. The van der Waals surface area contributed by atoms with E-state index in [0.717, 1.165) is 0 Å². The highest BCUT2D eigenvalue weighted by Crippen LogP contribution is 2.35. The summed E-state index contributed by atoms with van der Waals surface area (Å²) in [4.78, 5) is 36.6. The zero-order valence-electron chi connectivity index (χ0n) is 22.9. The van der Waals surface area contributed by atoms with E-state index in [4.69, 9.17) is 26.8 Å². The predicted octanol–water partition coefficient (Wildman–Crippen LogP) is 0.799. The molecule has 17 nitrogen and oxygen atoms in total. The SMILES string of the molecule is Nc1nc(Cl)nc2c1ncn2[C@@H]1O[C@H](COC(Cc2ccc(-c3ccccc3C(=O)O)cc2)(C(=O)O)c2nn[nH]n2)[C@@H](O)[C@H]1O. The lowest BCUT2D eigenvalue weighted by Gasteiger charge is -2.28. The number of H-pyrrole nitrogens is 1. The standard InChI is InChI=1S/C27H24ClN9O8/c28-26-31-20(29)17-21(32-26)37(11-30-17)22-19(39)18(38)16(45-22)10-44-27(25(42)43,24-33-35-36-34-24)9-12-5-7-13(8-6-12)14-3-1-2-4-15(14)23(40)41/h1-8,11,16,18-19,22,38-39H,9-10H2,(H,40,41)(H,42,43)(H2,29,31,32)(H,33,34,35,36)/t16-,18-,19-,22-,27?/m1/s1. The molecule has 0 spiro atoms. The van der Waals surface area contributed by atoms with Gasteiger partial charge in [0, 0.05) is 6.42 Å². The predicted molar refractivity (Wildman–Crippen MR) is 153 cm³/mol. The van der Waals surface area contributed by atoms with Crippen molar-refractivity contribution in [3.63, 3.8) is 0 Å². The number of aromatic amines is 1. The van der Waals surface area contributed by atoms with Gasteiger partial charge in [-0.3, -0.25) is 4.57 Å². The van der Waals surface area contributed by atoms with Gasteiger partial charge in [0.05, 0.1) is 18.5 Å². The van der Waals surface area contributed by atoms with E-state index in [1.165, 1.54) is 17.0 Å². The van der Waals surface area contributed by atoms with Gasteiger partial charge in [0.25, 0.3) is 0 Å². The van der Waals surface area contributed by atoms with Gasteiger partial charge in [-0.25, -0.2) is 14.6 Å². The van der Waals surface area contributed by atoms with E-state index in [1.807, 2.05) is 0 Å². The van der Waals surface area contributed by atoms with Crippen LogP contribution in [0.25, 0.3) is 22.3 Å². The van der Waals surface area contributed by atoms with Gasteiger partial charge >= 0.3 is 11.9 Å². The monoisotopic (exact) mass is 637 g/mol. The van der Waals surface area contributed by atoms with E-state index < -0.39 is 48.7 Å². The molecule has 6 rings (SSSR count). The van der Waals surface area contributed by atoms with Crippen LogP contribution in [0.1, 0.15) is 28.0 Å². The summed E-state index contributed by atoms with van der Waals surface area (Å²) < 4.78 is 13.2. The lowest BCUT2D eigenvalue weighted by molar-refractivity contribution is -0.177. The smallest absolute Gasteiger partial charge is 0.344 e. The van der Waals surface area contributed by atoms with Crippen molar-refractivity contribution in [3.05, 3.63) is 77.1 Å². The number of ether oxygens (including phenoxy) is 2. The Morgan fingerprint density at radius 2 is 1.84 bits per heavy atom. The quantitative estimate of drug-likeness (QED) is 0.116. The van der Waals surface area contributed by atoms with Crippen molar-refractivity contribution < 1.29 is 39.5 Å². The minimum absolute atomic E-state index is 0.00199. The van der Waals surface area contributed by atoms with Crippen molar-refractivity contribution in [2.24, 2.45) is 0 Å². The molecule has 0 radical (unpaired) electrons. The molecule has 2 aromatic carbocycles. The van der Waals surface area contributed by atoms with Crippen LogP contribution in [0.2, 0.25) is 5.28 Å². The maximum Gasteiger partial charge on any atom is 0.344 e. The van der Waals surface area contributed by atoms with Gasteiger partial charge in [-0.05, 0) is 34.4 Å². The van der Waals surface area contributed by atoms with Crippen LogP contribution in [-0.2, 0) is 26.3 Å². The number of nitrogen functional groups attached to an aromatic ring is 1. The van der Waals surface area contributed by atoms with Crippen molar-refractivity contribution in [1.29, 1.82) is 0 Å². The van der Waals surface area contributed by atoms with E-state index in [-0.39, 0.29) is 40.1 Å². The number of aliphatic hydroxyl groups excluding tert-OH is 2. The number of halogens is 1. The Kier molecular flexibility index (Phi) is 7.85. The van der Waals surface area contributed by atoms with Crippen molar-refractivity contribution in [2.45, 2.75) is 36.6 Å². The molecule has 0 saturated carbocycles. The van der Waals surface area contributed by atoms with Crippen LogP contribution >= 0.6 is 11.6 Å². The van der Waals surface area contributed by atoms with Crippen LogP contribution in [-0.4, -0.2) is 97.4 Å². The lowest BCUT2D eigenvalue weighted by Crippen LogP contribution is -2.45. The first-order chi connectivity index (χ1) is 21.6. The van der Waals surface area contributed by atoms with Crippen LogP contribution in [0.15, 0.2) is 54.9 Å². The number of nitrogens with two attached hydrogens (primary N) is 1. The molecule has 1 aliphatic heterocycles. The number of imidazole rings is 1. The summed E-state index contributed by atoms with van der Waals surface area (Å²) in [6, 6.07) is 13.0. The van der Waals surface area contributed by atoms with Gasteiger partial charge in [-0.2, -0.15) is 15.2 Å². The minimum Gasteiger partial charge on any atom is -0.479 e. The van der Waals surface area contributed by atoms with E-state index >= 15 is 0 Å². The van der Waals surface area contributed by atoms with Crippen molar-refractivity contribution >= 4 is 40.5 Å². The van der Waals surface area contributed by atoms with E-state index in [2.05, 4.69) is 35.6 Å². The average molecular weight is 638 g/mol. The number of nitrogens with one attached hydrogen (secondary N) is 1. The van der Waals surface area contributed by atoms with Crippen LogP contribution in [0.5, 0.6) is 0 Å². The van der Waals surface area contributed by atoms with Gasteiger partial charge in [-0.1, -0.05) is 47.7 Å². The molecule has 5 aromatic rings. The van der Waals surface area contributed by atoms with Crippen LogP contribution in [0.4, 0.5) is 5.82 Å². The molecule has 1 saturated heterocycles. The third-order valence-electron chi connectivity index (χ3n) is 7.45. The molecule has 1 unspecified atom stereocenters. The van der Waals surface area contributed by atoms with E-state index in [1.54, 1.807) is 42.5 Å². The Morgan fingerprint density at radius 3 is 2.53 bits per heavy atom. The molecule has 0 amide bonds. The molecule has 1 fully saturated rings. The number of tetrazole rings is 1. The average Bonchev–Trinajstić information content (AvgIpc) is 3.77. The summed E-state index contributed by atoms with van der Waals surface area (Å²) in [6.45, 7) is -0.524. The first kappa shape index (κ1) is 30.0. The van der Waals surface area contributed by atoms with E-state index in [0.29, 0.717) is 16.7 Å². The molecule has 3 aromatic heterocycles. The van der Waals surface area contributed by atoms with Crippen LogP contribution in [0.3, 0.4) is 0 Å². The number of carboxylic acids is 2. The Labute approximate surface area is 257 Å². The minimum atomic E-state index is -2.21. The molecule has 1 aliphatic rings. The van der Waals surface area contributed by atoms with Gasteiger partial charge in [0.1, 0.15) is 23.8 Å². The number of aromatic nitrogens is 8. The fourth-order valence-corrected chi connectivity index (χ4v) is 5.36. The largest absolute Gasteiger partial charge is 0.479 e. The molecule has 5 atom stereocenters. The molecule has 0 aliphatic carbocycles. The Morgan fingerprint density at radius 1 is 1.09 bits per heavy atom. The number of aliphatic carboxylic acids is 1. The molecule has 4 heterocycles. The van der Waals surface area contributed by atoms with Gasteiger partial charge in [0.2, 0.25) is 16.7 Å². The number of hydrogen-bond acceptors (Lipinski definition) is 13. The topological polar surface area (TPSA) is 258 Å². The number of anilines is 1. The summed E-state index contributed by atoms with van der Waals surface area (Å²) in [6.07, 6.45) is -4.47. The highest BCUT2D eigenvalue weighted by Gasteiger charge is 2.50. The second kappa shape index (κ2) is 11.8. The summed E-state index contributed by atoms with van der Waals surface area (Å²) in [5, 5.41) is 55.0. The Bertz CT molecular complexity index is 1870. The zero-order chi connectivity index (χ0) is 31.9. The van der Waals surface area contributed by atoms with Gasteiger partial charge in [0.15, 0.2) is 17.7 Å². The van der Waals surface area contributed by atoms with E-state index in [9.17, 15) is 30.0 Å². The highest BCUT2D eigenvalue weighted by atomic mass is 35.5. The number of benzene rings is 2. The third-order valence-corrected chi connectivity index (χ3v) is 7.62. The summed E-state index contributed by atoms with van der Waals surface area (Å²) in [5.74, 6) is -2.85.